The standard InChI is InChI=1S/C22H25NO5/c1-16-5-7-17(8-6-16)14-23(2)21(24)15-28-22(25)12-9-18-13-19(26-3)10-11-20(18)27-4/h5-13H,14-15H2,1-4H3/b12-9+. The SMILES string of the molecule is COc1ccc(OC)c(/C=C/C(=O)OCC(=O)N(C)Cc2ccc(C)cc2)c1. The number of nitrogens with zero attached hydrogens (tertiary/aromatic N) is 1. The molecule has 0 radical (unpaired) electrons. The molecule has 0 aromatic heterocycles. The molecule has 0 N–H and O–H groups in total. The highest BCUT2D eigenvalue weighted by Gasteiger charge is 2.11. The summed E-state index contributed by atoms with van der Waals surface area (Å²) in [5.41, 5.74) is 2.84. The molecule has 0 heterocycles. The van der Waals surface area contributed by atoms with Crippen LogP contribution in [-0.4, -0.2) is 44.7 Å². The first-order chi connectivity index (χ1) is 13.4. The van der Waals surface area contributed by atoms with Crippen molar-refractivity contribution in [1.29, 1.82) is 0 Å². The number of esters is 1. The van der Waals surface area contributed by atoms with E-state index < -0.39 is 5.97 Å². The number of hydrogen-bond acceptors (Lipinski definition) is 5. The summed E-state index contributed by atoms with van der Waals surface area (Å²) in [6.07, 6.45) is 2.81. The van der Waals surface area contributed by atoms with Gasteiger partial charge < -0.3 is 19.1 Å². The lowest BCUT2D eigenvalue weighted by Gasteiger charge is -2.17. The van der Waals surface area contributed by atoms with Crippen molar-refractivity contribution in [3.63, 3.8) is 0 Å². The molecule has 0 aliphatic heterocycles. The van der Waals surface area contributed by atoms with E-state index >= 15 is 0 Å². The molecular weight excluding hydrogens is 358 g/mol. The van der Waals surface area contributed by atoms with Crippen molar-refractivity contribution in [2.75, 3.05) is 27.9 Å². The van der Waals surface area contributed by atoms with Gasteiger partial charge in [0.2, 0.25) is 0 Å². The Hall–Kier alpha value is -3.28. The van der Waals surface area contributed by atoms with Crippen LogP contribution < -0.4 is 9.47 Å². The van der Waals surface area contributed by atoms with E-state index in [4.69, 9.17) is 14.2 Å². The molecular formula is C22H25NO5. The summed E-state index contributed by atoms with van der Waals surface area (Å²) in [6.45, 7) is 2.14. The highest BCUT2D eigenvalue weighted by molar-refractivity contribution is 5.89. The summed E-state index contributed by atoms with van der Waals surface area (Å²) in [5.74, 6) is 0.351. The van der Waals surface area contributed by atoms with Gasteiger partial charge in [0.15, 0.2) is 6.61 Å². The Kier molecular flexibility index (Phi) is 7.63. The zero-order chi connectivity index (χ0) is 20.5. The quantitative estimate of drug-likeness (QED) is 0.517. The van der Waals surface area contributed by atoms with Crippen molar-refractivity contribution >= 4 is 18.0 Å². The summed E-state index contributed by atoms with van der Waals surface area (Å²) in [7, 11) is 4.77. The van der Waals surface area contributed by atoms with Gasteiger partial charge in [-0.25, -0.2) is 4.79 Å². The molecule has 6 nitrogen and oxygen atoms in total. The van der Waals surface area contributed by atoms with Crippen LogP contribution in [-0.2, 0) is 20.9 Å². The van der Waals surface area contributed by atoms with E-state index in [9.17, 15) is 9.59 Å². The summed E-state index contributed by atoms with van der Waals surface area (Å²) in [5, 5.41) is 0. The molecule has 0 spiro atoms. The lowest BCUT2D eigenvalue weighted by molar-refractivity contribution is -0.147. The number of benzene rings is 2. The van der Waals surface area contributed by atoms with Crippen LogP contribution in [0.3, 0.4) is 0 Å². The Balaban J connectivity index is 1.88. The van der Waals surface area contributed by atoms with Crippen LogP contribution in [0.4, 0.5) is 0 Å². The zero-order valence-electron chi connectivity index (χ0n) is 16.6. The first-order valence-corrected chi connectivity index (χ1v) is 8.79. The second kappa shape index (κ2) is 10.2. The molecule has 0 atom stereocenters. The van der Waals surface area contributed by atoms with Gasteiger partial charge in [0.25, 0.3) is 5.91 Å². The first kappa shape index (κ1) is 21.0. The van der Waals surface area contributed by atoms with Crippen molar-refractivity contribution in [2.45, 2.75) is 13.5 Å². The smallest absolute Gasteiger partial charge is 0.331 e. The van der Waals surface area contributed by atoms with E-state index in [1.165, 1.54) is 11.0 Å². The number of carbonyl (C=O) groups is 2. The van der Waals surface area contributed by atoms with Crippen molar-refractivity contribution in [2.24, 2.45) is 0 Å². The Bertz CT molecular complexity index is 843. The fraction of sp³-hybridized carbons (Fsp3) is 0.273. The van der Waals surface area contributed by atoms with Gasteiger partial charge in [-0.05, 0) is 36.8 Å². The third-order valence-corrected chi connectivity index (χ3v) is 4.14. The predicted octanol–water partition coefficient (Wildman–Crippen LogP) is 3.23. The van der Waals surface area contributed by atoms with Crippen molar-refractivity contribution < 1.29 is 23.8 Å². The largest absolute Gasteiger partial charge is 0.497 e. The maximum atomic E-state index is 12.2. The maximum Gasteiger partial charge on any atom is 0.331 e. The van der Waals surface area contributed by atoms with Crippen molar-refractivity contribution in [3.05, 3.63) is 65.2 Å². The third kappa shape index (κ3) is 6.16. The summed E-state index contributed by atoms with van der Waals surface area (Å²) in [6, 6.07) is 13.2. The first-order valence-electron chi connectivity index (χ1n) is 8.79. The van der Waals surface area contributed by atoms with Gasteiger partial charge in [-0.2, -0.15) is 0 Å². The second-order valence-electron chi connectivity index (χ2n) is 6.28. The predicted molar refractivity (Wildman–Crippen MR) is 107 cm³/mol. The van der Waals surface area contributed by atoms with Gasteiger partial charge in [-0.15, -0.1) is 0 Å². The van der Waals surface area contributed by atoms with Crippen LogP contribution in [0.2, 0.25) is 0 Å². The average Bonchev–Trinajstić information content (AvgIpc) is 2.71. The van der Waals surface area contributed by atoms with Crippen LogP contribution in [0.15, 0.2) is 48.5 Å². The number of amides is 1. The number of likely N-dealkylation sites (N-methyl/N-ethyl adjacent to an activating group) is 1. The van der Waals surface area contributed by atoms with E-state index in [1.807, 2.05) is 31.2 Å². The van der Waals surface area contributed by atoms with Crippen LogP contribution in [0.1, 0.15) is 16.7 Å². The summed E-state index contributed by atoms with van der Waals surface area (Å²) in [4.78, 5) is 25.6. The van der Waals surface area contributed by atoms with E-state index in [1.54, 1.807) is 45.5 Å². The van der Waals surface area contributed by atoms with Crippen LogP contribution in [0.5, 0.6) is 11.5 Å². The average molecular weight is 383 g/mol. The lowest BCUT2D eigenvalue weighted by Crippen LogP contribution is -2.30. The Labute approximate surface area is 165 Å². The molecule has 0 aliphatic carbocycles. The number of ether oxygens (including phenoxy) is 3. The van der Waals surface area contributed by atoms with E-state index in [2.05, 4.69) is 0 Å². The molecule has 0 aliphatic rings. The number of methoxy groups -OCH3 is 2. The fourth-order valence-corrected chi connectivity index (χ4v) is 2.47. The van der Waals surface area contributed by atoms with E-state index in [-0.39, 0.29) is 12.5 Å². The molecule has 0 saturated heterocycles. The van der Waals surface area contributed by atoms with Gasteiger partial charge in [-0.3, -0.25) is 4.79 Å². The van der Waals surface area contributed by atoms with Crippen molar-refractivity contribution in [3.8, 4) is 11.5 Å². The zero-order valence-corrected chi connectivity index (χ0v) is 16.6. The van der Waals surface area contributed by atoms with Gasteiger partial charge in [0.05, 0.1) is 14.2 Å². The molecule has 6 heteroatoms. The summed E-state index contributed by atoms with van der Waals surface area (Å²) >= 11 is 0. The number of rotatable bonds is 8. The number of aryl methyl sites for hydroxylation is 1. The summed E-state index contributed by atoms with van der Waals surface area (Å²) < 4.78 is 15.5. The normalized spacial score (nSPS) is 10.6. The molecule has 28 heavy (non-hydrogen) atoms. The molecule has 148 valence electrons. The Morgan fingerprint density at radius 3 is 2.39 bits per heavy atom. The highest BCUT2D eigenvalue weighted by Crippen LogP contribution is 2.25. The maximum absolute atomic E-state index is 12.2. The minimum Gasteiger partial charge on any atom is -0.497 e. The molecule has 2 aromatic carbocycles. The fourth-order valence-electron chi connectivity index (χ4n) is 2.47. The third-order valence-electron chi connectivity index (χ3n) is 4.14. The second-order valence-corrected chi connectivity index (χ2v) is 6.28. The van der Waals surface area contributed by atoms with Crippen LogP contribution >= 0.6 is 0 Å². The van der Waals surface area contributed by atoms with Crippen LogP contribution in [0, 0.1) is 6.92 Å². The van der Waals surface area contributed by atoms with Gasteiger partial charge in [0, 0.05) is 25.2 Å². The molecule has 0 saturated carbocycles. The molecule has 2 aromatic rings. The molecule has 0 fully saturated rings. The highest BCUT2D eigenvalue weighted by atomic mass is 16.5. The topological polar surface area (TPSA) is 65.1 Å². The monoisotopic (exact) mass is 383 g/mol. The molecule has 0 bridgehead atoms. The van der Waals surface area contributed by atoms with Crippen molar-refractivity contribution in [1.82, 2.24) is 4.90 Å². The van der Waals surface area contributed by atoms with Gasteiger partial charge in [0.1, 0.15) is 11.5 Å². The van der Waals surface area contributed by atoms with Crippen LogP contribution in [0.25, 0.3) is 6.08 Å². The number of carbonyl (C=O) groups excluding carboxylic acids is 2. The van der Waals surface area contributed by atoms with Gasteiger partial charge >= 0.3 is 5.97 Å². The van der Waals surface area contributed by atoms with E-state index in [0.717, 1.165) is 11.1 Å². The molecule has 2 rings (SSSR count). The minimum atomic E-state index is -0.609. The van der Waals surface area contributed by atoms with E-state index in [0.29, 0.717) is 23.6 Å². The Morgan fingerprint density at radius 1 is 1.04 bits per heavy atom. The van der Waals surface area contributed by atoms with Gasteiger partial charge in [-0.1, -0.05) is 29.8 Å². The molecule has 1 amide bonds. The lowest BCUT2D eigenvalue weighted by atomic mass is 10.1. The minimum absolute atomic E-state index is 0.277. The number of hydrogen-bond donors (Lipinski definition) is 0. The Morgan fingerprint density at radius 2 is 1.75 bits per heavy atom. The molecule has 0 unspecified atom stereocenters.